The number of hydrazine groups is 1. The topological polar surface area (TPSA) is 205 Å². The molecule has 0 radical (unpaired) electrons. The first-order valence-corrected chi connectivity index (χ1v) is 24.8. The maximum Gasteiger partial charge on any atom is 0.407 e. The molecule has 0 aliphatic carbocycles. The first-order valence-electron chi connectivity index (χ1n) is 24.8. The smallest absolute Gasteiger partial charge is 0.407 e. The molecule has 4 amide bonds. The summed E-state index contributed by atoms with van der Waals surface area (Å²) >= 11 is 0. The van der Waals surface area contributed by atoms with Crippen molar-refractivity contribution < 1.29 is 82.4 Å². The highest BCUT2D eigenvalue weighted by Crippen LogP contribution is 2.42. The number of nitrogens with zero attached hydrogens (tertiary/aromatic N) is 6. The SMILES string of the molecule is COC(=O)N[C@H](C(=O)N[C@@H](Cc1ccc(C#Cc2ccc(N3CCN([C@H]4CCOC4)CC3)nc2)cc1)[C@@H](O)CN(Cc1c(F)cc(-c2ccn(C(F)F)n2)cc1F)NC(=O)[C@@H](NC(=O)OC)C(C)(C)C(F)(F)F)C(C)(C)C(F)(F)F. The van der Waals surface area contributed by atoms with Gasteiger partial charge in [-0.15, -0.1) is 0 Å². The third-order valence-corrected chi connectivity index (χ3v) is 14.0. The number of hydrogen-bond acceptors (Lipinski definition) is 13. The zero-order chi connectivity index (χ0) is 58.9. The van der Waals surface area contributed by atoms with Gasteiger partial charge in [0.2, 0.25) is 5.91 Å². The van der Waals surface area contributed by atoms with E-state index in [-0.39, 0.29) is 21.5 Å². The first kappa shape index (κ1) is 62.0. The summed E-state index contributed by atoms with van der Waals surface area (Å²) in [7, 11) is 1.60. The molecule has 0 bridgehead atoms. The van der Waals surface area contributed by atoms with Crippen LogP contribution in [0.15, 0.2) is 67.0 Å². The number of ether oxygens (including phenoxy) is 3. The molecule has 2 fully saturated rings. The van der Waals surface area contributed by atoms with Crippen LogP contribution in [-0.4, -0.2) is 157 Å². The van der Waals surface area contributed by atoms with Crippen molar-refractivity contribution in [1.29, 1.82) is 0 Å². The molecule has 80 heavy (non-hydrogen) atoms. The van der Waals surface area contributed by atoms with E-state index in [2.05, 4.69) is 46.5 Å². The highest BCUT2D eigenvalue weighted by Gasteiger charge is 2.57. The van der Waals surface area contributed by atoms with Crippen LogP contribution in [0.2, 0.25) is 0 Å². The molecule has 5 atom stereocenters. The van der Waals surface area contributed by atoms with Crippen molar-refractivity contribution in [1.82, 2.24) is 46.0 Å². The van der Waals surface area contributed by atoms with E-state index in [9.17, 15) is 59.4 Å². The zero-order valence-corrected chi connectivity index (χ0v) is 44.2. The minimum atomic E-state index is -5.23. The largest absolute Gasteiger partial charge is 0.453 e. The van der Waals surface area contributed by atoms with Gasteiger partial charge in [-0.1, -0.05) is 24.0 Å². The Hall–Kier alpha value is -7.22. The van der Waals surface area contributed by atoms with E-state index < -0.39 is 115 Å². The molecule has 2 aliphatic heterocycles. The molecule has 0 spiro atoms. The van der Waals surface area contributed by atoms with E-state index in [4.69, 9.17) is 4.74 Å². The van der Waals surface area contributed by atoms with Crippen LogP contribution in [-0.2, 0) is 36.8 Å². The number of carbonyl (C=O) groups is 4. The summed E-state index contributed by atoms with van der Waals surface area (Å²) in [6, 6.07) is 5.67. The quantitative estimate of drug-likeness (QED) is 0.0388. The number of hydrogen-bond donors (Lipinski definition) is 5. The number of halogens is 10. The van der Waals surface area contributed by atoms with E-state index >= 15 is 8.78 Å². The van der Waals surface area contributed by atoms with E-state index in [0.29, 0.717) is 62.0 Å². The van der Waals surface area contributed by atoms with Crippen molar-refractivity contribution in [2.24, 2.45) is 10.8 Å². The first-order chi connectivity index (χ1) is 37.5. The lowest BCUT2D eigenvalue weighted by molar-refractivity contribution is -0.221. The summed E-state index contributed by atoms with van der Waals surface area (Å²) in [5.74, 6) is 0.707. The summed E-state index contributed by atoms with van der Waals surface area (Å²) in [5.41, 5.74) is -4.44. The van der Waals surface area contributed by atoms with Crippen LogP contribution >= 0.6 is 0 Å². The molecular formula is C52H60F10N10O8. The zero-order valence-electron chi connectivity index (χ0n) is 44.2. The van der Waals surface area contributed by atoms with Crippen molar-refractivity contribution in [3.8, 4) is 23.1 Å². The van der Waals surface area contributed by atoms with Gasteiger partial charge in [-0.25, -0.2) is 33.0 Å². The van der Waals surface area contributed by atoms with E-state index in [1.54, 1.807) is 11.5 Å². The van der Waals surface area contributed by atoms with Crippen LogP contribution in [0, 0.1) is 34.3 Å². The molecule has 18 nitrogen and oxygen atoms in total. The third kappa shape index (κ3) is 15.4. The van der Waals surface area contributed by atoms with Crippen molar-refractivity contribution in [2.45, 2.75) is 96.3 Å². The number of pyridine rings is 1. The number of aromatic nitrogens is 3. The average molecular weight is 1140 g/mol. The van der Waals surface area contributed by atoms with E-state index in [1.165, 1.54) is 24.3 Å². The number of amides is 4. The van der Waals surface area contributed by atoms with Crippen LogP contribution in [0.4, 0.5) is 59.3 Å². The molecule has 4 heterocycles. The molecule has 28 heteroatoms. The number of methoxy groups -OCH3 is 2. The van der Waals surface area contributed by atoms with Gasteiger partial charge in [0.05, 0.1) is 49.5 Å². The number of alkyl carbamates (subject to hydrolysis) is 2. The van der Waals surface area contributed by atoms with Crippen molar-refractivity contribution in [2.75, 3.05) is 65.1 Å². The van der Waals surface area contributed by atoms with E-state index in [1.807, 2.05) is 22.9 Å². The molecular weight excluding hydrogens is 1080 g/mol. The van der Waals surface area contributed by atoms with Gasteiger partial charge in [-0.3, -0.25) is 19.9 Å². The minimum absolute atomic E-state index is 0.197. The lowest BCUT2D eigenvalue weighted by Crippen LogP contribution is -2.63. The fourth-order valence-electron chi connectivity index (χ4n) is 8.69. The summed E-state index contributed by atoms with van der Waals surface area (Å²) in [6.45, 7) is 1.65. The number of piperazine rings is 1. The molecule has 5 N–H and O–H groups in total. The van der Waals surface area contributed by atoms with Crippen LogP contribution in [0.5, 0.6) is 0 Å². The molecule has 2 saturated heterocycles. The van der Waals surface area contributed by atoms with Crippen molar-refractivity contribution in [3.63, 3.8) is 0 Å². The minimum Gasteiger partial charge on any atom is -0.453 e. The van der Waals surface area contributed by atoms with Crippen LogP contribution in [0.3, 0.4) is 0 Å². The van der Waals surface area contributed by atoms with Crippen molar-refractivity contribution in [3.05, 3.63) is 101 Å². The Labute approximate surface area is 453 Å². The van der Waals surface area contributed by atoms with Crippen molar-refractivity contribution >= 4 is 29.8 Å². The number of benzene rings is 2. The van der Waals surface area contributed by atoms with Gasteiger partial charge < -0.3 is 40.2 Å². The van der Waals surface area contributed by atoms with Gasteiger partial charge in [0, 0.05) is 86.6 Å². The molecule has 2 aromatic carbocycles. The fraction of sp³-hybridized carbons (Fsp3) is 0.500. The third-order valence-electron chi connectivity index (χ3n) is 14.0. The summed E-state index contributed by atoms with van der Waals surface area (Å²) in [5, 5.41) is 22.0. The van der Waals surface area contributed by atoms with Gasteiger partial charge in [-0.2, -0.15) is 40.2 Å². The molecule has 2 aliphatic rings. The molecule has 4 aromatic rings. The molecule has 6 rings (SSSR count). The lowest BCUT2D eigenvalue weighted by Gasteiger charge is -2.38. The second-order valence-corrected chi connectivity index (χ2v) is 20.1. The van der Waals surface area contributed by atoms with Gasteiger partial charge in [0.1, 0.15) is 29.5 Å². The number of alkyl halides is 8. The number of anilines is 1. The predicted octanol–water partition coefficient (Wildman–Crippen LogP) is 6.48. The second kappa shape index (κ2) is 25.9. The predicted molar refractivity (Wildman–Crippen MR) is 267 cm³/mol. The number of rotatable bonds is 19. The molecule has 436 valence electrons. The van der Waals surface area contributed by atoms with Crippen LogP contribution in [0.25, 0.3) is 11.3 Å². The van der Waals surface area contributed by atoms with E-state index in [0.717, 1.165) is 78.1 Å². The average Bonchev–Trinajstić information content (AvgIpc) is 4.22. The fourth-order valence-corrected chi connectivity index (χ4v) is 8.69. The Bertz CT molecular complexity index is 2820. The second-order valence-electron chi connectivity index (χ2n) is 20.1. The Kier molecular flexibility index (Phi) is 20.1. The van der Waals surface area contributed by atoms with Gasteiger partial charge >= 0.3 is 31.1 Å². The normalized spacial score (nSPS) is 17.0. The Morgan fingerprint density at radius 1 is 0.800 bits per heavy atom. The Balaban J connectivity index is 1.31. The monoisotopic (exact) mass is 1140 g/mol. The summed E-state index contributed by atoms with van der Waals surface area (Å²) in [4.78, 5) is 62.0. The maximum atomic E-state index is 16.0. The summed E-state index contributed by atoms with van der Waals surface area (Å²) < 4.78 is 160. The van der Waals surface area contributed by atoms with Crippen LogP contribution < -0.4 is 26.3 Å². The maximum absolute atomic E-state index is 16.0. The number of aliphatic hydroxyl groups is 1. The summed E-state index contributed by atoms with van der Waals surface area (Å²) in [6.07, 6.45) is -12.6. The number of aliphatic hydroxyl groups excluding tert-OH is 1. The highest BCUT2D eigenvalue weighted by atomic mass is 19.4. The lowest BCUT2D eigenvalue weighted by atomic mass is 9.82. The standard InChI is InChI=1S/C52H60F10N10O8/c1-49(2,51(57,58)59)42(65-47(76)78-5)44(74)64-39(23-31-10-7-30(8-11-31)9-12-32-13-14-41(63-26-32)70-20-18-69(19-21-70)34-16-22-80-29-34)40(73)28-71(68-45(75)43(66-48(77)79-6)50(3,4)52(60,61)62)27-35-36(53)24-33(25-37(35)54)38-15-17-72(67-38)46(55)56/h7-8,10-11,13-15,17,24-26,34,39-40,42-43,46,73H,16,18-23,27-29H2,1-6H3,(H,64,74)(H,65,76)(H,66,77)(H,68,75)/t34-,39-,40-,42+,43+/m0/s1. The van der Waals surface area contributed by atoms with Crippen LogP contribution in [0.1, 0.15) is 62.9 Å². The Morgan fingerprint density at radius 2 is 1.36 bits per heavy atom. The molecule has 0 saturated carbocycles. The highest BCUT2D eigenvalue weighted by molar-refractivity contribution is 5.87. The molecule has 0 unspecified atom stereocenters. The van der Waals surface area contributed by atoms with Gasteiger partial charge in [0.25, 0.3) is 5.91 Å². The molecule has 2 aromatic heterocycles. The van der Waals surface area contributed by atoms with Gasteiger partial charge in [-0.05, 0) is 88.6 Å². The number of carbonyl (C=O) groups excluding carboxylic acids is 4. The number of nitrogens with one attached hydrogen (secondary N) is 4. The van der Waals surface area contributed by atoms with Gasteiger partial charge in [0.15, 0.2) is 0 Å². The Morgan fingerprint density at radius 3 is 1.86 bits per heavy atom.